The van der Waals surface area contributed by atoms with Crippen LogP contribution in [0.25, 0.3) is 0 Å². The van der Waals surface area contributed by atoms with E-state index in [1.54, 1.807) is 30.3 Å². The number of hydrogen-bond acceptors (Lipinski definition) is 13. The standard InChI is InChI=1S/C23H33NO13S/c1-10(27)24-15-12(28)7-23(22(33)34,36-19(15)16(30)13(29)8-25)37-20-17(31)14(9-26)35-21(18(20)32)38-11-5-3-2-4-6-11/h2-6,12-21,25-26,28-32H,7-9H2,1H3,(H,24,27)(H,33,34)/t12-,13+,14+,15+,16+,17-,18+,19+,20-,21-,23-/m0/s1. The van der Waals surface area contributed by atoms with Gasteiger partial charge in [0.25, 0.3) is 5.79 Å². The summed E-state index contributed by atoms with van der Waals surface area (Å²) in [5.74, 6) is -5.28. The Hall–Kier alpha value is -1.89. The fourth-order valence-electron chi connectivity index (χ4n) is 4.39. The van der Waals surface area contributed by atoms with Gasteiger partial charge in [-0.2, -0.15) is 0 Å². The molecule has 14 nitrogen and oxygen atoms in total. The van der Waals surface area contributed by atoms with Crippen LogP contribution in [0.3, 0.4) is 0 Å². The molecular weight excluding hydrogens is 530 g/mol. The molecule has 2 heterocycles. The van der Waals surface area contributed by atoms with Gasteiger partial charge in [0.15, 0.2) is 0 Å². The Morgan fingerprint density at radius 1 is 1.16 bits per heavy atom. The minimum atomic E-state index is -2.80. The molecule has 3 rings (SSSR count). The third kappa shape index (κ3) is 6.63. The van der Waals surface area contributed by atoms with Gasteiger partial charge in [0, 0.05) is 18.2 Å². The first-order valence-electron chi connectivity index (χ1n) is 11.8. The van der Waals surface area contributed by atoms with E-state index in [9.17, 15) is 50.4 Å². The van der Waals surface area contributed by atoms with Crippen LogP contribution in [0.4, 0.5) is 0 Å². The van der Waals surface area contributed by atoms with Crippen LogP contribution in [-0.2, 0) is 23.8 Å². The largest absolute Gasteiger partial charge is 0.477 e. The van der Waals surface area contributed by atoms with E-state index in [0.29, 0.717) is 4.90 Å². The molecule has 2 aliphatic rings. The number of ether oxygens (including phenoxy) is 3. The van der Waals surface area contributed by atoms with Crippen LogP contribution >= 0.6 is 11.8 Å². The second-order valence-electron chi connectivity index (χ2n) is 9.10. The molecule has 214 valence electrons. The molecule has 0 radical (unpaired) electrons. The molecule has 9 N–H and O–H groups in total. The number of carbonyl (C=O) groups is 2. The molecule has 0 aliphatic carbocycles. The number of benzene rings is 1. The van der Waals surface area contributed by atoms with Gasteiger partial charge in [0.2, 0.25) is 5.91 Å². The highest BCUT2D eigenvalue weighted by molar-refractivity contribution is 7.99. The Bertz CT molecular complexity index is 941. The summed E-state index contributed by atoms with van der Waals surface area (Å²) in [7, 11) is 0. The Morgan fingerprint density at radius 3 is 2.37 bits per heavy atom. The van der Waals surface area contributed by atoms with Crippen LogP contribution in [0.5, 0.6) is 0 Å². The second kappa shape index (κ2) is 13.0. The van der Waals surface area contributed by atoms with Gasteiger partial charge < -0.3 is 60.4 Å². The van der Waals surface area contributed by atoms with Crippen molar-refractivity contribution < 1.29 is 64.7 Å². The summed E-state index contributed by atoms with van der Waals surface area (Å²) in [6.07, 6.45) is -14.7. The maximum atomic E-state index is 12.5. The Balaban J connectivity index is 1.94. The maximum Gasteiger partial charge on any atom is 0.364 e. The summed E-state index contributed by atoms with van der Waals surface area (Å²) in [5.41, 5.74) is -1.13. The van der Waals surface area contributed by atoms with Gasteiger partial charge in [0.1, 0.15) is 48.2 Å². The normalized spacial score (nSPS) is 37.3. The predicted molar refractivity (Wildman–Crippen MR) is 128 cm³/mol. The molecule has 0 spiro atoms. The summed E-state index contributed by atoms with van der Waals surface area (Å²) < 4.78 is 16.9. The summed E-state index contributed by atoms with van der Waals surface area (Å²) in [6.45, 7) is -0.570. The topological polar surface area (TPSA) is 236 Å². The minimum absolute atomic E-state index is 0.653. The van der Waals surface area contributed by atoms with E-state index in [1.165, 1.54) is 0 Å². The van der Waals surface area contributed by atoms with Gasteiger partial charge in [-0.1, -0.05) is 30.0 Å². The second-order valence-corrected chi connectivity index (χ2v) is 10.3. The quantitative estimate of drug-likeness (QED) is 0.136. The van der Waals surface area contributed by atoms with E-state index in [2.05, 4.69) is 5.32 Å². The van der Waals surface area contributed by atoms with E-state index in [1.807, 2.05) is 0 Å². The lowest BCUT2D eigenvalue weighted by Gasteiger charge is -2.50. The third-order valence-corrected chi connectivity index (χ3v) is 7.50. The summed E-state index contributed by atoms with van der Waals surface area (Å²) in [5, 5.41) is 84.6. The van der Waals surface area contributed by atoms with E-state index in [0.717, 1.165) is 18.7 Å². The molecule has 38 heavy (non-hydrogen) atoms. The molecule has 0 bridgehead atoms. The first kappa shape index (κ1) is 30.6. The van der Waals surface area contributed by atoms with Crippen LogP contribution in [0.1, 0.15) is 13.3 Å². The number of aliphatic carboxylic acids is 1. The molecule has 2 saturated heterocycles. The zero-order valence-electron chi connectivity index (χ0n) is 20.3. The van der Waals surface area contributed by atoms with Gasteiger partial charge in [0.05, 0.1) is 25.4 Å². The van der Waals surface area contributed by atoms with Gasteiger partial charge >= 0.3 is 5.97 Å². The van der Waals surface area contributed by atoms with Gasteiger partial charge in [-0.05, 0) is 12.1 Å². The van der Waals surface area contributed by atoms with Gasteiger partial charge in [-0.15, -0.1) is 0 Å². The highest BCUT2D eigenvalue weighted by Crippen LogP contribution is 2.39. The molecule has 11 atom stereocenters. The molecule has 1 amide bonds. The number of aliphatic hydroxyl groups excluding tert-OH is 7. The van der Waals surface area contributed by atoms with Crippen molar-refractivity contribution in [3.8, 4) is 0 Å². The SMILES string of the molecule is CC(=O)N[C@H]1[C@H]([C@H](O)[C@H](O)CO)O[C@@](O[C@H]2[C@@H](O)[C@@H](CO)O[C@@H](Sc3ccccc3)[C@@H]2O)(C(=O)O)C[C@@H]1O. The number of carboxylic acids is 1. The summed E-state index contributed by atoms with van der Waals surface area (Å²) >= 11 is 1.03. The lowest BCUT2D eigenvalue weighted by molar-refractivity contribution is -0.349. The van der Waals surface area contributed by atoms with E-state index >= 15 is 0 Å². The Labute approximate surface area is 221 Å². The van der Waals surface area contributed by atoms with E-state index in [-0.39, 0.29) is 0 Å². The molecule has 0 saturated carbocycles. The fourth-order valence-corrected chi connectivity index (χ4v) is 5.47. The zero-order valence-corrected chi connectivity index (χ0v) is 21.1. The highest BCUT2D eigenvalue weighted by Gasteiger charge is 2.59. The molecule has 2 aliphatic heterocycles. The van der Waals surface area contributed by atoms with Crippen molar-refractivity contribution in [2.45, 2.75) is 84.3 Å². The van der Waals surface area contributed by atoms with Crippen LogP contribution in [0, 0.1) is 0 Å². The molecule has 0 unspecified atom stereocenters. The van der Waals surface area contributed by atoms with E-state index < -0.39 is 97.6 Å². The lowest BCUT2D eigenvalue weighted by Crippen LogP contribution is -2.70. The van der Waals surface area contributed by atoms with Crippen molar-refractivity contribution in [3.63, 3.8) is 0 Å². The average Bonchev–Trinajstić information content (AvgIpc) is 2.88. The first-order chi connectivity index (χ1) is 17.9. The van der Waals surface area contributed by atoms with Crippen molar-refractivity contribution in [1.82, 2.24) is 5.32 Å². The summed E-state index contributed by atoms with van der Waals surface area (Å²) in [4.78, 5) is 24.8. The predicted octanol–water partition coefficient (Wildman–Crippen LogP) is -3.25. The lowest BCUT2D eigenvalue weighted by atomic mass is 9.88. The molecule has 0 aromatic heterocycles. The monoisotopic (exact) mass is 563 g/mol. The molecular formula is C23H33NO13S. The molecule has 15 heteroatoms. The maximum absolute atomic E-state index is 12.5. The third-order valence-electron chi connectivity index (χ3n) is 6.33. The number of thioether (sulfide) groups is 1. The van der Waals surface area contributed by atoms with Crippen molar-refractivity contribution in [2.24, 2.45) is 0 Å². The Morgan fingerprint density at radius 2 is 1.82 bits per heavy atom. The molecule has 1 aromatic rings. The molecule has 2 fully saturated rings. The van der Waals surface area contributed by atoms with Crippen molar-refractivity contribution >= 4 is 23.6 Å². The van der Waals surface area contributed by atoms with Crippen LogP contribution in [0.15, 0.2) is 35.2 Å². The number of nitrogens with one attached hydrogen (secondary N) is 1. The zero-order chi connectivity index (χ0) is 28.2. The smallest absolute Gasteiger partial charge is 0.364 e. The van der Waals surface area contributed by atoms with Crippen molar-refractivity contribution in [2.75, 3.05) is 13.2 Å². The minimum Gasteiger partial charge on any atom is -0.477 e. The first-order valence-corrected chi connectivity index (χ1v) is 12.7. The van der Waals surface area contributed by atoms with Gasteiger partial charge in [-0.25, -0.2) is 4.79 Å². The number of amides is 1. The highest BCUT2D eigenvalue weighted by atomic mass is 32.2. The Kier molecular flexibility index (Phi) is 10.5. The number of rotatable bonds is 10. The van der Waals surface area contributed by atoms with Gasteiger partial charge in [-0.3, -0.25) is 4.79 Å². The van der Waals surface area contributed by atoms with Crippen LogP contribution in [0.2, 0.25) is 0 Å². The van der Waals surface area contributed by atoms with Crippen molar-refractivity contribution in [1.29, 1.82) is 0 Å². The number of hydrogen-bond donors (Lipinski definition) is 9. The van der Waals surface area contributed by atoms with Crippen LogP contribution in [-0.4, -0.2) is 132 Å². The number of aliphatic hydroxyl groups is 7. The average molecular weight is 564 g/mol. The number of carbonyl (C=O) groups excluding carboxylic acids is 1. The van der Waals surface area contributed by atoms with Crippen LogP contribution < -0.4 is 5.32 Å². The summed E-state index contributed by atoms with van der Waals surface area (Å²) in [6, 6.07) is 7.25. The molecule has 1 aromatic carbocycles. The van der Waals surface area contributed by atoms with E-state index in [4.69, 9.17) is 14.2 Å². The van der Waals surface area contributed by atoms with Crippen molar-refractivity contribution in [3.05, 3.63) is 30.3 Å². The number of carboxylic acid groups (broad SMARTS) is 1. The fraction of sp³-hybridized carbons (Fsp3) is 0.652.